The Morgan fingerprint density at radius 3 is 2.83 bits per heavy atom. The summed E-state index contributed by atoms with van der Waals surface area (Å²) >= 11 is 0. The van der Waals surface area contributed by atoms with Gasteiger partial charge >= 0.3 is 5.97 Å². The van der Waals surface area contributed by atoms with Crippen molar-refractivity contribution < 1.29 is 19.1 Å². The van der Waals surface area contributed by atoms with E-state index in [9.17, 15) is 14.0 Å². The van der Waals surface area contributed by atoms with Gasteiger partial charge in [-0.05, 0) is 24.1 Å². The van der Waals surface area contributed by atoms with Crippen LogP contribution in [0.25, 0.3) is 0 Å². The molecule has 0 aromatic heterocycles. The third-order valence-electron chi connectivity index (χ3n) is 3.19. The minimum Gasteiger partial charge on any atom is -0.481 e. The smallest absolute Gasteiger partial charge is 0.312 e. The summed E-state index contributed by atoms with van der Waals surface area (Å²) in [6, 6.07) is 2.65. The van der Waals surface area contributed by atoms with Gasteiger partial charge in [-0.3, -0.25) is 9.59 Å². The van der Waals surface area contributed by atoms with Gasteiger partial charge in [-0.15, -0.1) is 0 Å². The molecule has 1 aromatic carbocycles. The first-order valence-corrected chi connectivity index (χ1v) is 5.52. The fourth-order valence-corrected chi connectivity index (χ4v) is 2.08. The van der Waals surface area contributed by atoms with Gasteiger partial charge in [-0.1, -0.05) is 6.07 Å². The first kappa shape index (κ1) is 12.5. The summed E-state index contributed by atoms with van der Waals surface area (Å²) in [5, 5.41) is 11.4. The van der Waals surface area contributed by atoms with Gasteiger partial charge in [0, 0.05) is 6.54 Å². The van der Waals surface area contributed by atoms with Crippen LogP contribution < -0.4 is 11.1 Å². The fourth-order valence-electron chi connectivity index (χ4n) is 2.08. The van der Waals surface area contributed by atoms with E-state index < -0.39 is 23.6 Å². The lowest BCUT2D eigenvalue weighted by Gasteiger charge is -2.13. The van der Waals surface area contributed by atoms with E-state index in [0.29, 0.717) is 5.56 Å². The summed E-state index contributed by atoms with van der Waals surface area (Å²) < 4.78 is 13.8. The van der Waals surface area contributed by atoms with Gasteiger partial charge in [-0.2, -0.15) is 0 Å². The predicted molar refractivity (Wildman–Crippen MR) is 62.9 cm³/mol. The quantitative estimate of drug-likeness (QED) is 0.748. The van der Waals surface area contributed by atoms with Crippen molar-refractivity contribution in [2.24, 2.45) is 5.73 Å². The van der Waals surface area contributed by atoms with Gasteiger partial charge < -0.3 is 16.2 Å². The molecule has 0 saturated carbocycles. The van der Waals surface area contributed by atoms with Crippen molar-refractivity contribution in [3.05, 3.63) is 29.1 Å². The van der Waals surface area contributed by atoms with Crippen molar-refractivity contribution >= 4 is 17.6 Å². The second-order valence-corrected chi connectivity index (χ2v) is 4.30. The molecule has 2 unspecified atom stereocenters. The van der Waals surface area contributed by atoms with Crippen LogP contribution in [0.15, 0.2) is 12.1 Å². The number of rotatable bonds is 3. The normalized spacial score (nSPS) is 19.3. The lowest BCUT2D eigenvalue weighted by atomic mass is 9.93. The molecule has 1 amide bonds. The number of carbonyl (C=O) groups excluding carboxylic acids is 1. The molecule has 1 heterocycles. The molecule has 0 saturated heterocycles. The Morgan fingerprint density at radius 1 is 1.61 bits per heavy atom. The Hall–Kier alpha value is -1.95. The average molecular weight is 252 g/mol. The second-order valence-electron chi connectivity index (χ2n) is 4.30. The highest BCUT2D eigenvalue weighted by Crippen LogP contribution is 2.36. The van der Waals surface area contributed by atoms with Crippen LogP contribution in [-0.4, -0.2) is 23.5 Å². The molecule has 0 spiro atoms. The van der Waals surface area contributed by atoms with E-state index >= 15 is 0 Å². The Balaban J connectivity index is 2.52. The number of carbonyl (C=O) groups is 2. The SMILES string of the molecule is CC1C(=O)Nc2c(F)cc(C(CN)C(=O)O)cc21. The number of amides is 1. The molecule has 18 heavy (non-hydrogen) atoms. The molecule has 0 fully saturated rings. The topological polar surface area (TPSA) is 92.4 Å². The number of anilines is 1. The van der Waals surface area contributed by atoms with Gasteiger partial charge in [0.15, 0.2) is 0 Å². The van der Waals surface area contributed by atoms with Crippen molar-refractivity contribution in [2.75, 3.05) is 11.9 Å². The van der Waals surface area contributed by atoms with Crippen molar-refractivity contribution in [3.63, 3.8) is 0 Å². The van der Waals surface area contributed by atoms with Crippen molar-refractivity contribution in [1.82, 2.24) is 0 Å². The van der Waals surface area contributed by atoms with E-state index in [4.69, 9.17) is 10.8 Å². The number of nitrogens with two attached hydrogens (primary N) is 1. The monoisotopic (exact) mass is 252 g/mol. The first-order chi connectivity index (χ1) is 8.45. The number of benzene rings is 1. The number of hydrogen-bond donors (Lipinski definition) is 3. The number of halogens is 1. The summed E-state index contributed by atoms with van der Waals surface area (Å²) in [6.07, 6.45) is 0. The number of nitrogens with one attached hydrogen (secondary N) is 1. The summed E-state index contributed by atoms with van der Waals surface area (Å²) in [5.41, 5.74) is 6.28. The van der Waals surface area contributed by atoms with Crippen LogP contribution in [0.1, 0.15) is 29.9 Å². The largest absolute Gasteiger partial charge is 0.481 e. The molecule has 2 rings (SSSR count). The molecular formula is C12H13FN2O3. The number of carboxylic acid groups (broad SMARTS) is 1. The zero-order chi connectivity index (χ0) is 13.4. The summed E-state index contributed by atoms with van der Waals surface area (Å²) in [5.74, 6) is -3.48. The van der Waals surface area contributed by atoms with E-state index in [-0.39, 0.29) is 23.7 Å². The van der Waals surface area contributed by atoms with Crippen LogP contribution in [0.4, 0.5) is 10.1 Å². The van der Waals surface area contributed by atoms with Crippen molar-refractivity contribution in [2.45, 2.75) is 18.8 Å². The minimum absolute atomic E-state index is 0.122. The molecule has 2 atom stereocenters. The average Bonchev–Trinajstić information content (AvgIpc) is 2.58. The molecule has 5 nitrogen and oxygen atoms in total. The highest BCUT2D eigenvalue weighted by Gasteiger charge is 2.31. The molecule has 6 heteroatoms. The summed E-state index contributed by atoms with van der Waals surface area (Å²) in [4.78, 5) is 22.5. The van der Waals surface area contributed by atoms with E-state index in [1.54, 1.807) is 6.92 Å². The zero-order valence-corrected chi connectivity index (χ0v) is 9.74. The first-order valence-electron chi connectivity index (χ1n) is 5.52. The van der Waals surface area contributed by atoms with Gasteiger partial charge in [0.25, 0.3) is 0 Å². The molecule has 1 aliphatic rings. The molecule has 96 valence electrons. The third kappa shape index (κ3) is 1.84. The molecule has 1 aliphatic heterocycles. The second kappa shape index (κ2) is 4.38. The highest BCUT2D eigenvalue weighted by atomic mass is 19.1. The van der Waals surface area contributed by atoms with Gasteiger partial charge in [0.2, 0.25) is 5.91 Å². The lowest BCUT2D eigenvalue weighted by Crippen LogP contribution is -2.21. The van der Waals surface area contributed by atoms with E-state index in [1.165, 1.54) is 6.07 Å². The maximum Gasteiger partial charge on any atom is 0.312 e. The van der Waals surface area contributed by atoms with Crippen LogP contribution in [-0.2, 0) is 9.59 Å². The van der Waals surface area contributed by atoms with Crippen LogP contribution in [0, 0.1) is 5.82 Å². The summed E-state index contributed by atoms with van der Waals surface area (Å²) in [6.45, 7) is 1.52. The summed E-state index contributed by atoms with van der Waals surface area (Å²) in [7, 11) is 0. The Labute approximate surface area is 103 Å². The van der Waals surface area contributed by atoms with Gasteiger partial charge in [0.05, 0.1) is 17.5 Å². The van der Waals surface area contributed by atoms with Crippen molar-refractivity contribution in [1.29, 1.82) is 0 Å². The number of hydrogen-bond acceptors (Lipinski definition) is 3. The minimum atomic E-state index is -1.11. The van der Waals surface area contributed by atoms with Crippen LogP contribution in [0.5, 0.6) is 0 Å². The third-order valence-corrected chi connectivity index (χ3v) is 3.19. The van der Waals surface area contributed by atoms with Gasteiger partial charge in [0.1, 0.15) is 5.82 Å². The number of carboxylic acids is 1. The fraction of sp³-hybridized carbons (Fsp3) is 0.333. The van der Waals surface area contributed by atoms with Crippen molar-refractivity contribution in [3.8, 4) is 0 Å². The standard InChI is InChI=1S/C12H13FN2O3/c1-5-7-2-6(8(4-14)12(17)18)3-9(13)10(7)15-11(5)16/h2-3,5,8H,4,14H2,1H3,(H,15,16)(H,17,18). The molecule has 0 aliphatic carbocycles. The Bertz CT molecular complexity index is 530. The molecule has 0 radical (unpaired) electrons. The molecule has 0 bridgehead atoms. The maximum absolute atomic E-state index is 13.8. The van der Waals surface area contributed by atoms with Crippen LogP contribution in [0.3, 0.4) is 0 Å². The van der Waals surface area contributed by atoms with E-state index in [1.807, 2.05) is 0 Å². The predicted octanol–water partition coefficient (Wildman–Crippen LogP) is 1.01. The Morgan fingerprint density at radius 2 is 2.28 bits per heavy atom. The van der Waals surface area contributed by atoms with E-state index in [2.05, 4.69) is 5.32 Å². The number of fused-ring (bicyclic) bond motifs is 1. The maximum atomic E-state index is 13.8. The van der Waals surface area contributed by atoms with Crippen LogP contribution >= 0.6 is 0 Å². The molecule has 4 N–H and O–H groups in total. The Kier molecular flexibility index (Phi) is 3.04. The van der Waals surface area contributed by atoms with Gasteiger partial charge in [-0.25, -0.2) is 4.39 Å². The van der Waals surface area contributed by atoms with E-state index in [0.717, 1.165) is 6.07 Å². The molecule has 1 aromatic rings. The number of aliphatic carboxylic acids is 1. The molecular weight excluding hydrogens is 239 g/mol. The zero-order valence-electron chi connectivity index (χ0n) is 9.74. The van der Waals surface area contributed by atoms with Crippen LogP contribution in [0.2, 0.25) is 0 Å². The lowest BCUT2D eigenvalue weighted by molar-refractivity contribution is -0.138. The highest BCUT2D eigenvalue weighted by molar-refractivity contribution is 6.02.